The van der Waals surface area contributed by atoms with Gasteiger partial charge in [0.05, 0.1) is 21.3 Å². The van der Waals surface area contributed by atoms with E-state index in [2.05, 4.69) is 11.4 Å². The summed E-state index contributed by atoms with van der Waals surface area (Å²) in [4.78, 5) is 0. The Balaban J connectivity index is 2.29. The predicted octanol–water partition coefficient (Wildman–Crippen LogP) is 3.62. The molecule has 2 nitrogen and oxygen atoms in total. The summed E-state index contributed by atoms with van der Waals surface area (Å²) in [5.74, 6) is 0.939. The summed E-state index contributed by atoms with van der Waals surface area (Å²) in [6.07, 6.45) is 3.05. The van der Waals surface area contributed by atoms with E-state index in [1.165, 1.54) is 11.3 Å². The molecule has 82 valence electrons. The van der Waals surface area contributed by atoms with E-state index >= 15 is 0 Å². The lowest BCUT2D eigenvalue weighted by Gasteiger charge is -2.16. The van der Waals surface area contributed by atoms with Crippen LogP contribution in [0.4, 0.5) is 0 Å². The average Bonchev–Trinajstić information content (AvgIpc) is 2.79. The Morgan fingerprint density at radius 1 is 1.53 bits per heavy atom. The highest BCUT2D eigenvalue weighted by atomic mass is 35.5. The van der Waals surface area contributed by atoms with Crippen molar-refractivity contribution in [2.45, 2.75) is 12.5 Å². The van der Waals surface area contributed by atoms with E-state index in [-0.39, 0.29) is 6.04 Å². The van der Waals surface area contributed by atoms with Crippen LogP contribution >= 0.6 is 34.5 Å². The molecular weight excluding hydrogens is 253 g/mol. The maximum atomic E-state index is 6.11. The SMILES string of the molecule is CNC(C1=CCCO1)c1cc(Cl)sc1Cl. The predicted molar refractivity (Wildman–Crippen MR) is 64.8 cm³/mol. The van der Waals surface area contributed by atoms with Gasteiger partial charge >= 0.3 is 0 Å². The highest BCUT2D eigenvalue weighted by Crippen LogP contribution is 2.38. The molecule has 1 aromatic heterocycles. The van der Waals surface area contributed by atoms with Gasteiger partial charge in [0.25, 0.3) is 0 Å². The Bertz CT molecular complexity index is 389. The zero-order valence-corrected chi connectivity index (χ0v) is 10.5. The fraction of sp³-hybridized carbons (Fsp3) is 0.400. The maximum absolute atomic E-state index is 6.11. The second-order valence-electron chi connectivity index (χ2n) is 3.24. The van der Waals surface area contributed by atoms with Crippen LogP contribution in [0.2, 0.25) is 8.67 Å². The van der Waals surface area contributed by atoms with Crippen molar-refractivity contribution in [1.82, 2.24) is 5.32 Å². The minimum Gasteiger partial charge on any atom is -0.496 e. The van der Waals surface area contributed by atoms with Crippen LogP contribution < -0.4 is 5.32 Å². The van der Waals surface area contributed by atoms with Crippen LogP contribution in [0.3, 0.4) is 0 Å². The van der Waals surface area contributed by atoms with Gasteiger partial charge < -0.3 is 10.1 Å². The summed E-state index contributed by atoms with van der Waals surface area (Å²) in [6.45, 7) is 0.753. The number of hydrogen-bond donors (Lipinski definition) is 1. The summed E-state index contributed by atoms with van der Waals surface area (Å²) in [7, 11) is 1.88. The van der Waals surface area contributed by atoms with Gasteiger partial charge in [0.15, 0.2) is 0 Å². The first-order valence-electron chi connectivity index (χ1n) is 4.67. The third-order valence-corrected chi connectivity index (χ3v) is 3.82. The van der Waals surface area contributed by atoms with Gasteiger partial charge in [0.1, 0.15) is 5.76 Å². The van der Waals surface area contributed by atoms with E-state index in [4.69, 9.17) is 27.9 Å². The van der Waals surface area contributed by atoms with Crippen molar-refractivity contribution in [3.8, 4) is 0 Å². The molecule has 0 saturated carbocycles. The van der Waals surface area contributed by atoms with Crippen LogP contribution in [0.25, 0.3) is 0 Å². The Hall–Kier alpha value is -0.220. The van der Waals surface area contributed by atoms with Gasteiger partial charge in [-0.05, 0) is 19.2 Å². The van der Waals surface area contributed by atoms with E-state index in [0.717, 1.165) is 28.7 Å². The van der Waals surface area contributed by atoms with Gasteiger partial charge in [0.2, 0.25) is 0 Å². The lowest BCUT2D eigenvalue weighted by atomic mass is 10.1. The summed E-state index contributed by atoms with van der Waals surface area (Å²) in [6, 6.07) is 1.90. The molecule has 1 atom stereocenters. The quantitative estimate of drug-likeness (QED) is 0.900. The Morgan fingerprint density at radius 2 is 2.33 bits per heavy atom. The molecule has 0 fully saturated rings. The van der Waals surface area contributed by atoms with Crippen molar-refractivity contribution in [3.05, 3.63) is 32.1 Å². The Kier molecular flexibility index (Phi) is 3.57. The molecule has 0 amide bonds. The van der Waals surface area contributed by atoms with Crippen molar-refractivity contribution >= 4 is 34.5 Å². The van der Waals surface area contributed by atoms with Crippen molar-refractivity contribution in [2.24, 2.45) is 0 Å². The number of likely N-dealkylation sites (N-methyl/N-ethyl adjacent to an activating group) is 1. The fourth-order valence-electron chi connectivity index (χ4n) is 1.64. The standard InChI is InChI=1S/C10H11Cl2NOS/c1-13-9(7-3-2-4-14-7)6-5-8(11)15-10(6)12/h3,5,9,13H,2,4H2,1H3. The average molecular weight is 264 g/mol. The zero-order valence-electron chi connectivity index (χ0n) is 8.22. The number of rotatable bonds is 3. The largest absolute Gasteiger partial charge is 0.496 e. The first-order chi connectivity index (χ1) is 7.22. The number of halogens is 2. The molecule has 0 aromatic carbocycles. The Morgan fingerprint density at radius 3 is 2.80 bits per heavy atom. The van der Waals surface area contributed by atoms with E-state index in [1.807, 2.05) is 13.1 Å². The smallest absolute Gasteiger partial charge is 0.114 e. The molecule has 0 bridgehead atoms. The molecule has 15 heavy (non-hydrogen) atoms. The van der Waals surface area contributed by atoms with Crippen LogP contribution in [0, 0.1) is 0 Å². The summed E-state index contributed by atoms with van der Waals surface area (Å²) >= 11 is 13.4. The van der Waals surface area contributed by atoms with Crippen molar-refractivity contribution in [1.29, 1.82) is 0 Å². The molecular formula is C10H11Cl2NOS. The monoisotopic (exact) mass is 263 g/mol. The first-order valence-corrected chi connectivity index (χ1v) is 6.24. The molecule has 2 heterocycles. The lowest BCUT2D eigenvalue weighted by Crippen LogP contribution is -2.18. The van der Waals surface area contributed by atoms with Crippen molar-refractivity contribution < 1.29 is 4.74 Å². The molecule has 5 heteroatoms. The maximum Gasteiger partial charge on any atom is 0.114 e. The summed E-state index contributed by atoms with van der Waals surface area (Å²) in [5, 5.41) is 3.18. The van der Waals surface area contributed by atoms with Gasteiger partial charge in [-0.15, -0.1) is 11.3 Å². The van der Waals surface area contributed by atoms with Crippen LogP contribution in [0.1, 0.15) is 18.0 Å². The highest BCUT2D eigenvalue weighted by Gasteiger charge is 2.23. The lowest BCUT2D eigenvalue weighted by molar-refractivity contribution is 0.218. The third-order valence-electron chi connectivity index (χ3n) is 2.30. The van der Waals surface area contributed by atoms with E-state index in [1.54, 1.807) is 0 Å². The third kappa shape index (κ3) is 2.31. The number of nitrogens with one attached hydrogen (secondary N) is 1. The van der Waals surface area contributed by atoms with E-state index in [0.29, 0.717) is 4.34 Å². The second-order valence-corrected chi connectivity index (χ2v) is 5.53. The van der Waals surface area contributed by atoms with Gasteiger partial charge in [-0.1, -0.05) is 23.2 Å². The van der Waals surface area contributed by atoms with Gasteiger partial charge in [-0.2, -0.15) is 0 Å². The minimum atomic E-state index is 0.0174. The Labute approximate surface area is 103 Å². The molecule has 1 unspecified atom stereocenters. The minimum absolute atomic E-state index is 0.0174. The normalized spacial score (nSPS) is 17.4. The van der Waals surface area contributed by atoms with Crippen LogP contribution in [-0.2, 0) is 4.74 Å². The molecule has 0 saturated heterocycles. The topological polar surface area (TPSA) is 21.3 Å². The summed E-state index contributed by atoms with van der Waals surface area (Å²) < 4.78 is 6.95. The zero-order chi connectivity index (χ0) is 10.8. The molecule has 0 spiro atoms. The summed E-state index contributed by atoms with van der Waals surface area (Å²) in [5.41, 5.74) is 0.988. The van der Waals surface area contributed by atoms with Crippen LogP contribution in [-0.4, -0.2) is 13.7 Å². The first kappa shape index (κ1) is 11.3. The molecule has 0 radical (unpaired) electrons. The molecule has 1 aliphatic rings. The molecule has 1 aromatic rings. The molecule has 2 rings (SSSR count). The van der Waals surface area contributed by atoms with Gasteiger partial charge in [0, 0.05) is 12.0 Å². The van der Waals surface area contributed by atoms with Crippen LogP contribution in [0.5, 0.6) is 0 Å². The fourth-order valence-corrected chi connectivity index (χ4v) is 3.17. The molecule has 1 N–H and O–H groups in total. The van der Waals surface area contributed by atoms with Gasteiger partial charge in [-0.25, -0.2) is 0 Å². The number of ether oxygens (including phenoxy) is 1. The van der Waals surface area contributed by atoms with Crippen molar-refractivity contribution in [2.75, 3.05) is 13.7 Å². The van der Waals surface area contributed by atoms with E-state index in [9.17, 15) is 0 Å². The highest BCUT2D eigenvalue weighted by molar-refractivity contribution is 7.20. The number of thiophene rings is 1. The molecule has 0 aliphatic carbocycles. The van der Waals surface area contributed by atoms with E-state index < -0.39 is 0 Å². The van der Waals surface area contributed by atoms with Gasteiger partial charge in [-0.3, -0.25) is 0 Å². The van der Waals surface area contributed by atoms with Crippen molar-refractivity contribution in [3.63, 3.8) is 0 Å². The number of hydrogen-bond acceptors (Lipinski definition) is 3. The second kappa shape index (κ2) is 4.74. The van der Waals surface area contributed by atoms with Crippen LogP contribution in [0.15, 0.2) is 17.9 Å². The molecule has 1 aliphatic heterocycles.